The molecule has 90 valence electrons. The Morgan fingerprint density at radius 2 is 1.94 bits per heavy atom. The molecular weight excluding hydrogens is 216 g/mol. The van der Waals surface area contributed by atoms with Crippen LogP contribution in [0.3, 0.4) is 0 Å². The van der Waals surface area contributed by atoms with E-state index in [2.05, 4.69) is 4.74 Å². The molecule has 0 saturated carbocycles. The quantitative estimate of drug-likeness (QED) is 0.379. The summed E-state index contributed by atoms with van der Waals surface area (Å²) in [4.78, 5) is 31.3. The number of ether oxygens (including phenoxy) is 2. The molecule has 0 spiro atoms. The average Bonchev–Trinajstić information content (AvgIpc) is 2.19. The molecule has 0 aromatic rings. The molecule has 0 fully saturated rings. The summed E-state index contributed by atoms with van der Waals surface area (Å²) in [5, 5.41) is 9.49. The number of aldehydes is 1. The zero-order valence-electron chi connectivity index (χ0n) is 9.08. The van der Waals surface area contributed by atoms with E-state index in [9.17, 15) is 19.5 Å². The SMILES string of the molecule is CC(=O)OC[C@@H](OC(C)=O)[C@@H](O)/C=C/C=O. The molecule has 0 saturated heterocycles. The second-order valence-electron chi connectivity index (χ2n) is 2.96. The molecule has 0 aromatic heterocycles. The van der Waals surface area contributed by atoms with Crippen LogP contribution in [0.15, 0.2) is 12.2 Å². The van der Waals surface area contributed by atoms with Crippen LogP contribution in [0.2, 0.25) is 0 Å². The Bertz CT molecular complexity index is 283. The maximum atomic E-state index is 10.7. The molecule has 16 heavy (non-hydrogen) atoms. The monoisotopic (exact) mass is 230 g/mol. The van der Waals surface area contributed by atoms with Crippen molar-refractivity contribution < 1.29 is 29.0 Å². The molecule has 0 heterocycles. The van der Waals surface area contributed by atoms with Crippen LogP contribution in [0.25, 0.3) is 0 Å². The lowest BCUT2D eigenvalue weighted by atomic mass is 10.2. The summed E-state index contributed by atoms with van der Waals surface area (Å²) in [5.41, 5.74) is 0. The molecule has 0 aliphatic rings. The first kappa shape index (κ1) is 14.3. The second kappa shape index (κ2) is 7.58. The van der Waals surface area contributed by atoms with Crippen LogP contribution in [0.1, 0.15) is 13.8 Å². The minimum atomic E-state index is -1.20. The fourth-order valence-electron chi connectivity index (χ4n) is 0.898. The summed E-state index contributed by atoms with van der Waals surface area (Å²) in [7, 11) is 0. The van der Waals surface area contributed by atoms with Crippen molar-refractivity contribution in [1.82, 2.24) is 0 Å². The fraction of sp³-hybridized carbons (Fsp3) is 0.500. The van der Waals surface area contributed by atoms with Crippen LogP contribution in [0, 0.1) is 0 Å². The average molecular weight is 230 g/mol. The van der Waals surface area contributed by atoms with Crippen molar-refractivity contribution in [2.45, 2.75) is 26.1 Å². The largest absolute Gasteiger partial charge is 0.462 e. The Morgan fingerprint density at radius 1 is 1.31 bits per heavy atom. The van der Waals surface area contributed by atoms with Crippen molar-refractivity contribution in [2.75, 3.05) is 6.61 Å². The van der Waals surface area contributed by atoms with Crippen LogP contribution < -0.4 is 0 Å². The first-order valence-electron chi connectivity index (χ1n) is 4.58. The molecule has 0 aromatic carbocycles. The number of allylic oxidation sites excluding steroid dienone is 1. The third-order valence-electron chi connectivity index (χ3n) is 1.54. The lowest BCUT2D eigenvalue weighted by Gasteiger charge is -2.19. The van der Waals surface area contributed by atoms with Crippen LogP contribution in [-0.2, 0) is 23.9 Å². The van der Waals surface area contributed by atoms with Crippen molar-refractivity contribution in [3.63, 3.8) is 0 Å². The number of carbonyl (C=O) groups is 3. The van der Waals surface area contributed by atoms with Gasteiger partial charge in [0.15, 0.2) is 6.10 Å². The predicted octanol–water partition coefficient (Wildman–Crippen LogP) is -0.403. The third kappa shape index (κ3) is 6.72. The van der Waals surface area contributed by atoms with E-state index in [0.29, 0.717) is 6.29 Å². The van der Waals surface area contributed by atoms with Gasteiger partial charge in [-0.3, -0.25) is 14.4 Å². The molecule has 0 amide bonds. The van der Waals surface area contributed by atoms with Crippen LogP contribution in [0.4, 0.5) is 0 Å². The van der Waals surface area contributed by atoms with Crippen LogP contribution >= 0.6 is 0 Å². The van der Waals surface area contributed by atoms with E-state index in [4.69, 9.17) is 4.74 Å². The fourth-order valence-corrected chi connectivity index (χ4v) is 0.898. The van der Waals surface area contributed by atoms with Crippen molar-refractivity contribution in [3.05, 3.63) is 12.2 Å². The van der Waals surface area contributed by atoms with E-state index in [1.54, 1.807) is 0 Å². The van der Waals surface area contributed by atoms with Gasteiger partial charge in [0.05, 0.1) is 0 Å². The Kier molecular flexibility index (Phi) is 6.78. The van der Waals surface area contributed by atoms with E-state index >= 15 is 0 Å². The van der Waals surface area contributed by atoms with E-state index in [1.807, 2.05) is 0 Å². The zero-order valence-corrected chi connectivity index (χ0v) is 9.08. The van der Waals surface area contributed by atoms with Gasteiger partial charge in [0.25, 0.3) is 0 Å². The highest BCUT2D eigenvalue weighted by atomic mass is 16.6. The maximum absolute atomic E-state index is 10.7. The highest BCUT2D eigenvalue weighted by molar-refractivity contribution is 5.67. The first-order valence-corrected chi connectivity index (χ1v) is 4.58. The Morgan fingerprint density at radius 3 is 2.38 bits per heavy atom. The molecule has 0 aliphatic heterocycles. The van der Waals surface area contributed by atoms with Gasteiger partial charge < -0.3 is 14.6 Å². The summed E-state index contributed by atoms with van der Waals surface area (Å²) in [6, 6.07) is 0. The van der Waals surface area contributed by atoms with Crippen molar-refractivity contribution in [1.29, 1.82) is 0 Å². The van der Waals surface area contributed by atoms with Gasteiger partial charge in [-0.25, -0.2) is 0 Å². The highest BCUT2D eigenvalue weighted by Crippen LogP contribution is 2.03. The summed E-state index contributed by atoms with van der Waals surface area (Å²) >= 11 is 0. The zero-order chi connectivity index (χ0) is 12.6. The minimum Gasteiger partial charge on any atom is -0.462 e. The van der Waals surface area contributed by atoms with Crippen LogP contribution in [0.5, 0.6) is 0 Å². The smallest absolute Gasteiger partial charge is 0.303 e. The predicted molar refractivity (Wildman–Crippen MR) is 53.4 cm³/mol. The highest BCUT2D eigenvalue weighted by Gasteiger charge is 2.21. The summed E-state index contributed by atoms with van der Waals surface area (Å²) in [6.45, 7) is 2.09. The van der Waals surface area contributed by atoms with Crippen LogP contribution in [-0.4, -0.2) is 42.1 Å². The molecule has 6 nitrogen and oxygen atoms in total. The number of esters is 2. The van der Waals surface area contributed by atoms with E-state index in [1.165, 1.54) is 6.92 Å². The maximum Gasteiger partial charge on any atom is 0.303 e. The molecule has 0 bridgehead atoms. The van der Waals surface area contributed by atoms with Gasteiger partial charge in [-0.15, -0.1) is 0 Å². The molecule has 1 N–H and O–H groups in total. The number of carbonyl (C=O) groups excluding carboxylic acids is 3. The number of hydrogen-bond acceptors (Lipinski definition) is 6. The summed E-state index contributed by atoms with van der Waals surface area (Å²) in [5.74, 6) is -1.17. The normalized spacial score (nSPS) is 14.2. The van der Waals surface area contributed by atoms with Gasteiger partial charge in [-0.1, -0.05) is 0 Å². The van der Waals surface area contributed by atoms with E-state index in [0.717, 1.165) is 19.1 Å². The summed E-state index contributed by atoms with van der Waals surface area (Å²) < 4.78 is 9.33. The van der Waals surface area contributed by atoms with E-state index < -0.39 is 24.1 Å². The lowest BCUT2D eigenvalue weighted by Crippen LogP contribution is -2.34. The van der Waals surface area contributed by atoms with Crippen molar-refractivity contribution in [3.8, 4) is 0 Å². The Hall–Kier alpha value is -1.69. The standard InChI is InChI=1S/C10H14O6/c1-7(12)15-6-10(16-8(2)13)9(14)4-3-5-11/h3-5,9-10,14H,6H2,1-2H3/b4-3+/t9-,10+/m0/s1. The third-order valence-corrected chi connectivity index (χ3v) is 1.54. The number of rotatable bonds is 6. The Balaban J connectivity index is 4.38. The topological polar surface area (TPSA) is 89.9 Å². The number of hydrogen-bond donors (Lipinski definition) is 1. The first-order chi connectivity index (χ1) is 7.47. The minimum absolute atomic E-state index is 0.265. The van der Waals surface area contributed by atoms with Gasteiger partial charge >= 0.3 is 11.9 Å². The van der Waals surface area contributed by atoms with Crippen molar-refractivity contribution >= 4 is 18.2 Å². The molecular formula is C10H14O6. The van der Waals surface area contributed by atoms with Gasteiger partial charge in [-0.05, 0) is 12.2 Å². The van der Waals surface area contributed by atoms with Crippen molar-refractivity contribution in [2.24, 2.45) is 0 Å². The van der Waals surface area contributed by atoms with E-state index in [-0.39, 0.29) is 6.61 Å². The lowest BCUT2D eigenvalue weighted by molar-refractivity contribution is -0.161. The molecule has 0 radical (unpaired) electrons. The van der Waals surface area contributed by atoms with Gasteiger partial charge in [0.2, 0.25) is 0 Å². The molecule has 0 unspecified atom stereocenters. The van der Waals surface area contributed by atoms with Gasteiger partial charge in [0.1, 0.15) is 19.0 Å². The summed E-state index contributed by atoms with van der Waals surface area (Å²) in [6.07, 6.45) is 0.463. The second-order valence-corrected chi connectivity index (χ2v) is 2.96. The van der Waals surface area contributed by atoms with Gasteiger partial charge in [0, 0.05) is 13.8 Å². The molecule has 6 heteroatoms. The Labute approximate surface area is 92.8 Å². The molecule has 0 aliphatic carbocycles. The number of aliphatic hydroxyl groups excluding tert-OH is 1. The van der Waals surface area contributed by atoms with Gasteiger partial charge in [-0.2, -0.15) is 0 Å². The number of aliphatic hydroxyl groups is 1. The molecule has 2 atom stereocenters. The molecule has 0 rings (SSSR count).